The van der Waals surface area contributed by atoms with Crippen LogP contribution in [0.4, 0.5) is 5.69 Å². The fourth-order valence-corrected chi connectivity index (χ4v) is 7.60. The zero-order chi connectivity index (χ0) is 25.6. The Morgan fingerprint density at radius 1 is 1.03 bits per heavy atom. The first-order valence-corrected chi connectivity index (χ1v) is 13.7. The predicted molar refractivity (Wildman–Crippen MR) is 145 cm³/mol. The van der Waals surface area contributed by atoms with Gasteiger partial charge in [-0.3, -0.25) is 9.59 Å². The summed E-state index contributed by atoms with van der Waals surface area (Å²) in [7, 11) is 1.64. The highest BCUT2D eigenvalue weighted by Gasteiger charge is 2.54. The van der Waals surface area contributed by atoms with Gasteiger partial charge >= 0.3 is 0 Å². The van der Waals surface area contributed by atoms with E-state index in [0.29, 0.717) is 36.5 Å². The molecule has 1 amide bonds. The Balaban J connectivity index is 1.38. The van der Waals surface area contributed by atoms with Gasteiger partial charge in [-0.25, -0.2) is 0 Å². The van der Waals surface area contributed by atoms with Crippen LogP contribution in [0.3, 0.4) is 0 Å². The molecular formula is C31H36N2O4. The molecule has 1 heterocycles. The van der Waals surface area contributed by atoms with E-state index >= 15 is 0 Å². The number of benzene rings is 2. The maximum Gasteiger partial charge on any atom is 0.256 e. The van der Waals surface area contributed by atoms with Crippen molar-refractivity contribution in [2.45, 2.75) is 58.6 Å². The van der Waals surface area contributed by atoms with Crippen molar-refractivity contribution < 1.29 is 14.3 Å². The Bertz CT molecular complexity index is 1340. The third kappa shape index (κ3) is 4.46. The lowest BCUT2D eigenvalue weighted by Crippen LogP contribution is -2.51. The number of fused-ring (bicyclic) bond motifs is 1. The van der Waals surface area contributed by atoms with Crippen molar-refractivity contribution in [3.63, 3.8) is 0 Å². The van der Waals surface area contributed by atoms with Crippen molar-refractivity contribution in [1.29, 1.82) is 0 Å². The first-order chi connectivity index (χ1) is 18.0. The van der Waals surface area contributed by atoms with Crippen LogP contribution in [0.2, 0.25) is 0 Å². The number of carbonyl (C=O) groups excluding carboxylic acids is 1. The minimum atomic E-state index is -0.234. The van der Waals surface area contributed by atoms with Crippen molar-refractivity contribution in [2.24, 2.45) is 23.2 Å². The largest absolute Gasteiger partial charge is 0.497 e. The van der Waals surface area contributed by atoms with E-state index in [9.17, 15) is 9.59 Å². The molecule has 6 nitrogen and oxygen atoms in total. The number of pyridine rings is 1. The number of amides is 1. The summed E-state index contributed by atoms with van der Waals surface area (Å²) in [5.41, 5.74) is 2.88. The molecule has 1 N–H and O–H groups in total. The molecule has 0 radical (unpaired) electrons. The van der Waals surface area contributed by atoms with Crippen LogP contribution in [0, 0.1) is 23.2 Å². The fourth-order valence-electron chi connectivity index (χ4n) is 7.60. The second-order valence-corrected chi connectivity index (χ2v) is 11.4. The minimum absolute atomic E-state index is 0.0682. The van der Waals surface area contributed by atoms with Gasteiger partial charge in [0, 0.05) is 17.6 Å². The number of ether oxygens (including phenoxy) is 2. The van der Waals surface area contributed by atoms with Crippen LogP contribution in [0.5, 0.6) is 5.75 Å². The van der Waals surface area contributed by atoms with Crippen LogP contribution in [0.25, 0.3) is 10.9 Å². The van der Waals surface area contributed by atoms with Crippen LogP contribution in [0.1, 0.15) is 56.6 Å². The summed E-state index contributed by atoms with van der Waals surface area (Å²) < 4.78 is 12.7. The van der Waals surface area contributed by atoms with E-state index in [1.165, 1.54) is 19.3 Å². The summed E-state index contributed by atoms with van der Waals surface area (Å²) >= 11 is 0. The number of nitrogens with zero attached hydrogens (tertiary/aromatic N) is 1. The van der Waals surface area contributed by atoms with Gasteiger partial charge in [0.2, 0.25) is 5.91 Å². The smallest absolute Gasteiger partial charge is 0.256 e. The van der Waals surface area contributed by atoms with Crippen LogP contribution < -0.4 is 15.6 Å². The van der Waals surface area contributed by atoms with Crippen LogP contribution >= 0.6 is 0 Å². The number of methoxy groups -OCH3 is 1. The molecule has 0 unspecified atom stereocenters. The molecule has 3 aromatic rings. The number of hydrogen-bond acceptors (Lipinski definition) is 4. The van der Waals surface area contributed by atoms with Gasteiger partial charge < -0.3 is 19.4 Å². The van der Waals surface area contributed by atoms with E-state index in [1.807, 2.05) is 55.5 Å². The molecule has 0 atom stereocenters. The third-order valence-electron chi connectivity index (χ3n) is 8.94. The molecule has 0 saturated heterocycles. The Labute approximate surface area is 218 Å². The van der Waals surface area contributed by atoms with Crippen molar-refractivity contribution in [1.82, 2.24) is 4.57 Å². The molecule has 37 heavy (non-hydrogen) atoms. The topological polar surface area (TPSA) is 69.6 Å². The number of aromatic nitrogens is 1. The summed E-state index contributed by atoms with van der Waals surface area (Å²) in [6, 6.07) is 15.5. The molecule has 4 bridgehead atoms. The zero-order valence-corrected chi connectivity index (χ0v) is 21.8. The standard InChI is InChI=1S/C31H36N2O4/c1-3-37-19-24-14-26-27(32-30(35)31-15-21-11-22(16-31)13-23(12-21)17-31)5-4-6-28(26)33(29(24)34)18-20-7-9-25(36-2)10-8-20/h4-10,14,21-23H,3,11-13,15-19H2,1-2H3,(H,32,35). The Kier molecular flexibility index (Phi) is 6.31. The molecule has 4 fully saturated rings. The Morgan fingerprint density at radius 3 is 2.32 bits per heavy atom. The van der Waals surface area contributed by atoms with Crippen LogP contribution in [0.15, 0.2) is 53.3 Å². The van der Waals surface area contributed by atoms with Crippen LogP contribution in [-0.4, -0.2) is 24.2 Å². The SMILES string of the molecule is CCOCc1cc2c(NC(=O)C34CC5CC(CC(C5)C3)C4)cccc2n(Cc2ccc(OC)cc2)c1=O. The summed E-state index contributed by atoms with van der Waals surface area (Å²) in [5.74, 6) is 3.06. The summed E-state index contributed by atoms with van der Waals surface area (Å²) in [4.78, 5) is 27.4. The van der Waals surface area contributed by atoms with Gasteiger partial charge in [0.05, 0.1) is 36.9 Å². The molecule has 4 saturated carbocycles. The highest BCUT2D eigenvalue weighted by molar-refractivity contribution is 6.03. The quantitative estimate of drug-likeness (QED) is 0.428. The first-order valence-electron chi connectivity index (χ1n) is 13.7. The van der Waals surface area contributed by atoms with E-state index in [0.717, 1.165) is 47.2 Å². The maximum atomic E-state index is 13.9. The number of hydrogen-bond donors (Lipinski definition) is 1. The van der Waals surface area contributed by atoms with Crippen molar-refractivity contribution >= 4 is 22.5 Å². The average molecular weight is 501 g/mol. The van der Waals surface area contributed by atoms with Gasteiger partial charge in [0.25, 0.3) is 5.56 Å². The molecule has 0 spiro atoms. The fraction of sp³-hybridized carbons (Fsp3) is 0.484. The van der Waals surface area contributed by atoms with E-state index in [4.69, 9.17) is 9.47 Å². The van der Waals surface area contributed by atoms with Gasteiger partial charge in [-0.05, 0) is 99.1 Å². The van der Waals surface area contributed by atoms with Crippen molar-refractivity contribution in [3.8, 4) is 5.75 Å². The lowest BCUT2D eigenvalue weighted by molar-refractivity contribution is -0.140. The van der Waals surface area contributed by atoms with E-state index < -0.39 is 0 Å². The number of rotatable bonds is 8. The monoisotopic (exact) mass is 500 g/mol. The molecule has 4 aliphatic rings. The van der Waals surface area contributed by atoms with Gasteiger partial charge in [0.15, 0.2) is 0 Å². The lowest BCUT2D eigenvalue weighted by atomic mass is 9.49. The number of carbonyl (C=O) groups is 1. The predicted octanol–water partition coefficient (Wildman–Crippen LogP) is 5.75. The van der Waals surface area contributed by atoms with Crippen LogP contribution in [-0.2, 0) is 22.7 Å². The second kappa shape index (κ2) is 9.64. The van der Waals surface area contributed by atoms with E-state index in [-0.39, 0.29) is 23.5 Å². The van der Waals surface area contributed by atoms with Gasteiger partial charge in [-0.1, -0.05) is 18.2 Å². The second-order valence-electron chi connectivity index (χ2n) is 11.4. The molecule has 194 valence electrons. The molecule has 4 aliphatic carbocycles. The summed E-state index contributed by atoms with van der Waals surface area (Å²) in [6.07, 6.45) is 6.98. The average Bonchev–Trinajstić information content (AvgIpc) is 2.89. The molecule has 2 aromatic carbocycles. The van der Waals surface area contributed by atoms with Gasteiger partial charge in [0.1, 0.15) is 5.75 Å². The Hall–Kier alpha value is -3.12. The Morgan fingerprint density at radius 2 is 1.70 bits per heavy atom. The van der Waals surface area contributed by atoms with E-state index in [1.54, 1.807) is 11.7 Å². The lowest BCUT2D eigenvalue weighted by Gasteiger charge is -2.55. The van der Waals surface area contributed by atoms with Gasteiger partial charge in [-0.15, -0.1) is 0 Å². The highest BCUT2D eigenvalue weighted by Crippen LogP contribution is 2.60. The summed E-state index contributed by atoms with van der Waals surface area (Å²) in [5, 5.41) is 4.22. The molecule has 6 heteroatoms. The van der Waals surface area contributed by atoms with E-state index in [2.05, 4.69) is 5.32 Å². The minimum Gasteiger partial charge on any atom is -0.497 e. The molecule has 0 aliphatic heterocycles. The molecule has 1 aromatic heterocycles. The van der Waals surface area contributed by atoms with Crippen molar-refractivity contribution in [3.05, 3.63) is 70.0 Å². The number of nitrogens with one attached hydrogen (secondary N) is 1. The van der Waals surface area contributed by atoms with Crippen molar-refractivity contribution in [2.75, 3.05) is 19.0 Å². The molecular weight excluding hydrogens is 464 g/mol. The highest BCUT2D eigenvalue weighted by atomic mass is 16.5. The third-order valence-corrected chi connectivity index (χ3v) is 8.94. The maximum absolute atomic E-state index is 13.9. The first kappa shape index (κ1) is 24.2. The molecule has 7 rings (SSSR count). The van der Waals surface area contributed by atoms with Gasteiger partial charge in [-0.2, -0.15) is 0 Å². The summed E-state index contributed by atoms with van der Waals surface area (Å²) in [6.45, 7) is 3.12. The normalized spacial score (nSPS) is 25.9. The number of anilines is 1. The zero-order valence-electron chi connectivity index (χ0n) is 21.8.